The summed E-state index contributed by atoms with van der Waals surface area (Å²) in [6.07, 6.45) is 4.59. The van der Waals surface area contributed by atoms with Gasteiger partial charge in [0.2, 0.25) is 0 Å². The van der Waals surface area contributed by atoms with E-state index in [1.807, 2.05) is 6.20 Å². The van der Waals surface area contributed by atoms with Crippen molar-refractivity contribution in [3.63, 3.8) is 0 Å². The van der Waals surface area contributed by atoms with Crippen LogP contribution < -0.4 is 5.73 Å². The maximum absolute atomic E-state index is 6.12. The predicted octanol–water partition coefficient (Wildman–Crippen LogP) is 2.33. The van der Waals surface area contributed by atoms with Crippen molar-refractivity contribution < 1.29 is 4.74 Å². The van der Waals surface area contributed by atoms with E-state index in [1.165, 1.54) is 5.56 Å². The topological polar surface area (TPSA) is 48.1 Å². The zero-order chi connectivity index (χ0) is 12.9. The molecule has 0 aliphatic heterocycles. The molecule has 2 N–H and O–H groups in total. The zero-order valence-corrected chi connectivity index (χ0v) is 11.4. The number of pyridine rings is 1. The van der Waals surface area contributed by atoms with Gasteiger partial charge in [-0.05, 0) is 38.3 Å². The Morgan fingerprint density at radius 3 is 2.59 bits per heavy atom. The number of nitrogens with zero attached hydrogens (tertiary/aromatic N) is 1. The normalized spacial score (nSPS) is 13.7. The second-order valence-corrected chi connectivity index (χ2v) is 5.14. The summed E-state index contributed by atoms with van der Waals surface area (Å²) < 4.78 is 5.38. The van der Waals surface area contributed by atoms with Crippen molar-refractivity contribution in [1.29, 1.82) is 0 Å². The van der Waals surface area contributed by atoms with Gasteiger partial charge in [0, 0.05) is 31.5 Å². The van der Waals surface area contributed by atoms with Crippen LogP contribution in [0.1, 0.15) is 38.4 Å². The summed E-state index contributed by atoms with van der Waals surface area (Å²) in [6, 6.07) is 4.28. The molecule has 3 heteroatoms. The number of nitrogens with two attached hydrogens (primary N) is 1. The van der Waals surface area contributed by atoms with E-state index in [4.69, 9.17) is 10.5 Å². The highest BCUT2D eigenvalue weighted by Gasteiger charge is 2.20. The summed E-state index contributed by atoms with van der Waals surface area (Å²) in [5, 5.41) is 0. The minimum atomic E-state index is -0.164. The number of hydrogen-bond donors (Lipinski definition) is 1. The number of aromatic nitrogens is 1. The first-order valence-corrected chi connectivity index (χ1v) is 6.21. The minimum Gasteiger partial charge on any atom is -0.379 e. The van der Waals surface area contributed by atoms with Crippen LogP contribution in [0, 0.1) is 0 Å². The molecule has 0 saturated carbocycles. The van der Waals surface area contributed by atoms with Gasteiger partial charge in [-0.1, -0.05) is 13.0 Å². The fraction of sp³-hybridized carbons (Fsp3) is 0.643. The minimum absolute atomic E-state index is 0.0879. The molecule has 0 radical (unpaired) electrons. The van der Waals surface area contributed by atoms with Crippen LogP contribution in [-0.2, 0) is 17.6 Å². The Balaban J connectivity index is 2.52. The van der Waals surface area contributed by atoms with Gasteiger partial charge >= 0.3 is 0 Å². The number of hydrogen-bond acceptors (Lipinski definition) is 3. The summed E-state index contributed by atoms with van der Waals surface area (Å²) in [7, 11) is 1.72. The quantitative estimate of drug-likeness (QED) is 0.824. The van der Waals surface area contributed by atoms with Crippen LogP contribution in [0.3, 0.4) is 0 Å². The largest absolute Gasteiger partial charge is 0.379 e. The summed E-state index contributed by atoms with van der Waals surface area (Å²) >= 11 is 0. The van der Waals surface area contributed by atoms with Gasteiger partial charge in [0.05, 0.1) is 5.60 Å². The molecule has 0 aliphatic rings. The van der Waals surface area contributed by atoms with Crippen LogP contribution in [0.15, 0.2) is 18.3 Å². The highest BCUT2D eigenvalue weighted by molar-refractivity contribution is 5.14. The summed E-state index contributed by atoms with van der Waals surface area (Å²) in [4.78, 5) is 4.42. The molecule has 1 aromatic heterocycles. The van der Waals surface area contributed by atoms with Gasteiger partial charge in [-0.15, -0.1) is 0 Å². The Morgan fingerprint density at radius 2 is 2.12 bits per heavy atom. The van der Waals surface area contributed by atoms with Gasteiger partial charge in [0.25, 0.3) is 0 Å². The molecular weight excluding hydrogens is 212 g/mol. The van der Waals surface area contributed by atoms with Crippen molar-refractivity contribution >= 4 is 0 Å². The first-order chi connectivity index (χ1) is 7.96. The van der Waals surface area contributed by atoms with Crippen LogP contribution >= 0.6 is 0 Å². The lowest BCUT2D eigenvalue weighted by Crippen LogP contribution is -2.35. The molecule has 1 unspecified atom stereocenters. The molecule has 96 valence electrons. The number of methoxy groups -OCH3 is 1. The van der Waals surface area contributed by atoms with Crippen LogP contribution in [0.25, 0.3) is 0 Å². The van der Waals surface area contributed by atoms with Gasteiger partial charge in [-0.3, -0.25) is 4.98 Å². The molecule has 0 aromatic carbocycles. The monoisotopic (exact) mass is 236 g/mol. The van der Waals surface area contributed by atoms with E-state index in [2.05, 4.69) is 37.9 Å². The first-order valence-electron chi connectivity index (χ1n) is 6.21. The van der Waals surface area contributed by atoms with Crippen molar-refractivity contribution in [2.24, 2.45) is 5.73 Å². The second kappa shape index (κ2) is 6.12. The fourth-order valence-corrected chi connectivity index (χ4v) is 1.84. The molecule has 0 amide bonds. The molecule has 1 atom stereocenters. The van der Waals surface area contributed by atoms with Crippen LogP contribution in [0.4, 0.5) is 0 Å². The molecule has 1 heterocycles. The highest BCUT2D eigenvalue weighted by atomic mass is 16.5. The summed E-state index contributed by atoms with van der Waals surface area (Å²) in [6.45, 7) is 6.24. The van der Waals surface area contributed by atoms with Crippen LogP contribution in [-0.4, -0.2) is 23.7 Å². The van der Waals surface area contributed by atoms with E-state index >= 15 is 0 Å². The van der Waals surface area contributed by atoms with Crippen molar-refractivity contribution in [3.8, 4) is 0 Å². The fourth-order valence-electron chi connectivity index (χ4n) is 1.84. The predicted molar refractivity (Wildman–Crippen MR) is 71.0 cm³/mol. The van der Waals surface area contributed by atoms with Crippen molar-refractivity contribution in [1.82, 2.24) is 4.98 Å². The molecule has 17 heavy (non-hydrogen) atoms. The highest BCUT2D eigenvalue weighted by Crippen LogP contribution is 2.16. The molecule has 0 spiro atoms. The molecule has 1 aromatic rings. The SMILES string of the molecule is CCc1ccc(CC(N)CC(C)(C)OC)nc1. The van der Waals surface area contributed by atoms with Gasteiger partial charge in [-0.2, -0.15) is 0 Å². The van der Waals surface area contributed by atoms with Crippen LogP contribution in [0.5, 0.6) is 0 Å². The molecule has 0 bridgehead atoms. The van der Waals surface area contributed by atoms with Crippen LogP contribution in [0.2, 0.25) is 0 Å². The van der Waals surface area contributed by atoms with Gasteiger partial charge < -0.3 is 10.5 Å². The number of aryl methyl sites for hydroxylation is 1. The van der Waals surface area contributed by atoms with Gasteiger partial charge in [-0.25, -0.2) is 0 Å². The Kier molecular flexibility index (Phi) is 5.09. The Labute approximate surface area is 104 Å². The summed E-state index contributed by atoms with van der Waals surface area (Å²) in [5.74, 6) is 0. The maximum Gasteiger partial charge on any atom is 0.0637 e. The molecule has 0 saturated heterocycles. The van der Waals surface area contributed by atoms with Gasteiger partial charge in [0.1, 0.15) is 0 Å². The Morgan fingerprint density at radius 1 is 1.41 bits per heavy atom. The van der Waals surface area contributed by atoms with E-state index in [1.54, 1.807) is 7.11 Å². The molecular formula is C14H24N2O. The zero-order valence-electron chi connectivity index (χ0n) is 11.4. The Bertz CT molecular complexity index is 333. The van der Waals surface area contributed by atoms with Crippen molar-refractivity contribution in [2.75, 3.05) is 7.11 Å². The summed E-state index contributed by atoms with van der Waals surface area (Å²) in [5.41, 5.74) is 8.27. The van der Waals surface area contributed by atoms with Gasteiger partial charge in [0.15, 0.2) is 0 Å². The van der Waals surface area contributed by atoms with E-state index in [9.17, 15) is 0 Å². The third-order valence-corrected chi connectivity index (χ3v) is 3.07. The first kappa shape index (κ1) is 14.1. The maximum atomic E-state index is 6.12. The van der Waals surface area contributed by atoms with Crippen molar-refractivity contribution in [2.45, 2.75) is 51.7 Å². The van der Waals surface area contributed by atoms with E-state index in [0.717, 1.165) is 25.0 Å². The molecule has 0 aliphatic carbocycles. The van der Waals surface area contributed by atoms with E-state index < -0.39 is 0 Å². The third kappa shape index (κ3) is 4.84. The van der Waals surface area contributed by atoms with E-state index in [0.29, 0.717) is 0 Å². The average Bonchev–Trinajstić information content (AvgIpc) is 2.29. The van der Waals surface area contributed by atoms with Crippen molar-refractivity contribution in [3.05, 3.63) is 29.6 Å². The molecule has 0 fully saturated rings. The molecule has 3 nitrogen and oxygen atoms in total. The lowest BCUT2D eigenvalue weighted by molar-refractivity contribution is 0.0101. The average molecular weight is 236 g/mol. The third-order valence-electron chi connectivity index (χ3n) is 3.07. The standard InChI is InChI=1S/C14H24N2O/c1-5-11-6-7-13(16-10-11)8-12(15)9-14(2,3)17-4/h6-7,10,12H,5,8-9,15H2,1-4H3. The van der Waals surface area contributed by atoms with E-state index in [-0.39, 0.29) is 11.6 Å². The lowest BCUT2D eigenvalue weighted by atomic mass is 9.96. The second-order valence-electron chi connectivity index (χ2n) is 5.14. The number of ether oxygens (including phenoxy) is 1. The smallest absolute Gasteiger partial charge is 0.0637 e. The molecule has 1 rings (SSSR count). The lowest BCUT2D eigenvalue weighted by Gasteiger charge is -2.26. The Hall–Kier alpha value is -0.930. The number of rotatable bonds is 6.